The van der Waals surface area contributed by atoms with Crippen molar-refractivity contribution in [1.29, 1.82) is 0 Å². The molecule has 2 heteroatoms. The van der Waals surface area contributed by atoms with Gasteiger partial charge < -0.3 is 10.0 Å². The monoisotopic (exact) mass is 253 g/mol. The zero-order chi connectivity index (χ0) is 13.0. The maximum atomic E-state index is 11.0. The van der Waals surface area contributed by atoms with E-state index < -0.39 is 0 Å². The second kappa shape index (κ2) is 6.38. The maximum absolute atomic E-state index is 11.0. The number of rotatable bonds is 3. The van der Waals surface area contributed by atoms with Crippen molar-refractivity contribution in [3.05, 3.63) is 0 Å². The summed E-state index contributed by atoms with van der Waals surface area (Å²) in [5.41, 5.74) is 0.0680. The summed E-state index contributed by atoms with van der Waals surface area (Å²) in [6, 6.07) is 0. The Bertz CT molecular complexity index is 237. The van der Waals surface area contributed by atoms with Crippen molar-refractivity contribution >= 4 is 0 Å². The van der Waals surface area contributed by atoms with Crippen LogP contribution in [0, 0.1) is 5.92 Å². The molecular formula is C16H31NO. The van der Waals surface area contributed by atoms with Gasteiger partial charge in [-0.15, -0.1) is 0 Å². The molecule has 2 saturated carbocycles. The van der Waals surface area contributed by atoms with Crippen LogP contribution in [0.25, 0.3) is 0 Å². The normalized spacial score (nSPS) is 28.0. The zero-order valence-electron chi connectivity index (χ0n) is 12.3. The molecule has 0 heterocycles. The standard InChI is InChI=1S/C16H31NO/c1-17(2)16(12-8-3-4-9-13-16)15(18)14-10-6-5-7-11-14/h14-15,18H,3-13H2,1-2H3. The Morgan fingerprint density at radius 1 is 0.889 bits per heavy atom. The summed E-state index contributed by atoms with van der Waals surface area (Å²) in [7, 11) is 4.36. The van der Waals surface area contributed by atoms with Gasteiger partial charge in [-0.2, -0.15) is 0 Å². The van der Waals surface area contributed by atoms with Crippen LogP contribution >= 0.6 is 0 Å². The SMILES string of the molecule is CN(C)C1(C(O)C2CCCCC2)CCCCCC1. The highest BCUT2D eigenvalue weighted by atomic mass is 16.3. The van der Waals surface area contributed by atoms with Gasteiger partial charge in [-0.25, -0.2) is 0 Å². The van der Waals surface area contributed by atoms with Crippen LogP contribution in [0.15, 0.2) is 0 Å². The van der Waals surface area contributed by atoms with Crippen LogP contribution in [0.5, 0.6) is 0 Å². The van der Waals surface area contributed by atoms with E-state index in [2.05, 4.69) is 19.0 Å². The molecule has 2 nitrogen and oxygen atoms in total. The van der Waals surface area contributed by atoms with Crippen LogP contribution < -0.4 is 0 Å². The van der Waals surface area contributed by atoms with Gasteiger partial charge in [-0.1, -0.05) is 44.9 Å². The van der Waals surface area contributed by atoms with Crippen molar-refractivity contribution < 1.29 is 5.11 Å². The molecule has 1 atom stereocenters. The number of likely N-dealkylation sites (N-methyl/N-ethyl adjacent to an activating group) is 1. The van der Waals surface area contributed by atoms with Gasteiger partial charge in [-0.3, -0.25) is 0 Å². The summed E-state index contributed by atoms with van der Waals surface area (Å²) in [5.74, 6) is 0.555. The smallest absolute Gasteiger partial charge is 0.0751 e. The Kier molecular flexibility index (Phi) is 5.08. The number of hydrogen-bond donors (Lipinski definition) is 1. The highest BCUT2D eigenvalue weighted by molar-refractivity contribution is 4.99. The molecule has 0 radical (unpaired) electrons. The molecule has 0 amide bonds. The lowest BCUT2D eigenvalue weighted by atomic mass is 9.73. The molecule has 0 spiro atoms. The van der Waals surface area contributed by atoms with E-state index in [-0.39, 0.29) is 11.6 Å². The maximum Gasteiger partial charge on any atom is 0.0751 e. The molecule has 1 N–H and O–H groups in total. The van der Waals surface area contributed by atoms with E-state index in [1.165, 1.54) is 70.6 Å². The summed E-state index contributed by atoms with van der Waals surface area (Å²) in [5, 5.41) is 11.0. The third kappa shape index (κ3) is 2.91. The van der Waals surface area contributed by atoms with Gasteiger partial charge in [0.15, 0.2) is 0 Å². The van der Waals surface area contributed by atoms with Gasteiger partial charge in [0.2, 0.25) is 0 Å². The minimum absolute atomic E-state index is 0.0680. The number of nitrogens with zero attached hydrogens (tertiary/aromatic N) is 1. The molecule has 2 fully saturated rings. The second-order valence-corrected chi connectivity index (χ2v) is 6.76. The Balaban J connectivity index is 2.11. The third-order valence-electron chi connectivity index (χ3n) is 5.51. The molecule has 0 aromatic carbocycles. The van der Waals surface area contributed by atoms with Gasteiger partial charge >= 0.3 is 0 Å². The average Bonchev–Trinajstić information content (AvgIpc) is 2.65. The van der Waals surface area contributed by atoms with Crippen molar-refractivity contribution in [2.45, 2.75) is 82.3 Å². The van der Waals surface area contributed by atoms with Crippen molar-refractivity contribution in [1.82, 2.24) is 4.90 Å². The van der Waals surface area contributed by atoms with E-state index >= 15 is 0 Å². The van der Waals surface area contributed by atoms with Crippen molar-refractivity contribution in [2.24, 2.45) is 5.92 Å². The predicted molar refractivity (Wildman–Crippen MR) is 76.7 cm³/mol. The summed E-state index contributed by atoms with van der Waals surface area (Å²) >= 11 is 0. The van der Waals surface area contributed by atoms with Gasteiger partial charge in [0, 0.05) is 5.54 Å². The number of hydrogen-bond acceptors (Lipinski definition) is 2. The molecule has 0 bridgehead atoms. The summed E-state index contributed by atoms with van der Waals surface area (Å²) in [6.07, 6.45) is 14.1. The van der Waals surface area contributed by atoms with E-state index in [1.54, 1.807) is 0 Å². The Hall–Kier alpha value is -0.0800. The molecule has 0 aromatic rings. The van der Waals surface area contributed by atoms with E-state index in [0.717, 1.165) is 0 Å². The fourth-order valence-corrected chi connectivity index (χ4v) is 4.24. The van der Waals surface area contributed by atoms with E-state index in [0.29, 0.717) is 5.92 Å². The fraction of sp³-hybridized carbons (Fsp3) is 1.00. The first-order chi connectivity index (χ1) is 8.67. The molecule has 0 aliphatic heterocycles. The Labute approximate surface area is 113 Å². The number of aliphatic hydroxyl groups is 1. The van der Waals surface area contributed by atoms with Crippen LogP contribution in [0.2, 0.25) is 0 Å². The summed E-state index contributed by atoms with van der Waals surface area (Å²) in [6.45, 7) is 0. The summed E-state index contributed by atoms with van der Waals surface area (Å²) in [4.78, 5) is 2.34. The first-order valence-electron chi connectivity index (χ1n) is 8.02. The zero-order valence-corrected chi connectivity index (χ0v) is 12.3. The van der Waals surface area contributed by atoms with Crippen LogP contribution in [0.4, 0.5) is 0 Å². The van der Waals surface area contributed by atoms with Gasteiger partial charge in [-0.05, 0) is 45.7 Å². The molecule has 1 unspecified atom stereocenters. The molecule has 18 heavy (non-hydrogen) atoms. The average molecular weight is 253 g/mol. The van der Waals surface area contributed by atoms with Crippen LogP contribution in [0.3, 0.4) is 0 Å². The van der Waals surface area contributed by atoms with Gasteiger partial charge in [0.1, 0.15) is 0 Å². The molecule has 0 saturated heterocycles. The van der Waals surface area contributed by atoms with Gasteiger partial charge in [0.25, 0.3) is 0 Å². The first-order valence-corrected chi connectivity index (χ1v) is 8.02. The minimum Gasteiger partial charge on any atom is -0.391 e. The highest BCUT2D eigenvalue weighted by Crippen LogP contribution is 2.40. The van der Waals surface area contributed by atoms with Crippen LogP contribution in [0.1, 0.15) is 70.6 Å². The molecule has 106 valence electrons. The first kappa shape index (κ1) is 14.3. The van der Waals surface area contributed by atoms with Crippen LogP contribution in [-0.2, 0) is 0 Å². The number of aliphatic hydroxyl groups excluding tert-OH is 1. The van der Waals surface area contributed by atoms with Crippen molar-refractivity contribution in [3.63, 3.8) is 0 Å². The predicted octanol–water partition coefficient (Wildman–Crippen LogP) is 3.58. The fourth-order valence-electron chi connectivity index (χ4n) is 4.24. The molecule has 2 aliphatic carbocycles. The largest absolute Gasteiger partial charge is 0.391 e. The van der Waals surface area contributed by atoms with E-state index in [9.17, 15) is 5.11 Å². The lowest BCUT2D eigenvalue weighted by Crippen LogP contribution is -2.56. The topological polar surface area (TPSA) is 23.5 Å². The molecule has 2 aliphatic rings. The molecular weight excluding hydrogens is 222 g/mol. The van der Waals surface area contributed by atoms with Crippen molar-refractivity contribution in [2.75, 3.05) is 14.1 Å². The highest BCUT2D eigenvalue weighted by Gasteiger charge is 2.43. The third-order valence-corrected chi connectivity index (χ3v) is 5.51. The molecule has 2 rings (SSSR count). The van der Waals surface area contributed by atoms with E-state index in [4.69, 9.17) is 0 Å². The van der Waals surface area contributed by atoms with Gasteiger partial charge in [0.05, 0.1) is 6.10 Å². The quantitative estimate of drug-likeness (QED) is 0.777. The summed E-state index contributed by atoms with van der Waals surface area (Å²) < 4.78 is 0. The Morgan fingerprint density at radius 3 is 1.89 bits per heavy atom. The molecule has 0 aromatic heterocycles. The second-order valence-electron chi connectivity index (χ2n) is 6.76. The minimum atomic E-state index is -0.106. The van der Waals surface area contributed by atoms with Crippen LogP contribution in [-0.4, -0.2) is 35.7 Å². The van der Waals surface area contributed by atoms with Crippen molar-refractivity contribution in [3.8, 4) is 0 Å². The lowest BCUT2D eigenvalue weighted by molar-refractivity contribution is -0.0591. The van der Waals surface area contributed by atoms with E-state index in [1.807, 2.05) is 0 Å². The lowest BCUT2D eigenvalue weighted by Gasteiger charge is -2.47. The Morgan fingerprint density at radius 2 is 1.39 bits per heavy atom.